The third-order valence-electron chi connectivity index (χ3n) is 6.84. The van der Waals surface area contributed by atoms with Gasteiger partial charge in [0.05, 0.1) is 12.7 Å². The lowest BCUT2D eigenvalue weighted by Crippen LogP contribution is -2.46. The average molecular weight is 532 g/mol. The van der Waals surface area contributed by atoms with E-state index >= 15 is 0 Å². The van der Waals surface area contributed by atoms with Gasteiger partial charge in [-0.2, -0.15) is 0 Å². The van der Waals surface area contributed by atoms with E-state index in [1.54, 1.807) is 11.0 Å². The van der Waals surface area contributed by atoms with Crippen molar-refractivity contribution in [1.82, 2.24) is 20.0 Å². The molecule has 0 saturated carbocycles. The molecule has 0 spiro atoms. The molecule has 0 aliphatic carbocycles. The minimum absolute atomic E-state index is 0.0727. The Hall–Kier alpha value is -3.65. The zero-order valence-corrected chi connectivity index (χ0v) is 23.9. The average Bonchev–Trinajstić information content (AvgIpc) is 2.94. The molecular weight excluding hydrogens is 490 g/mol. The molecular formula is C31H41N5O3. The second-order valence-corrected chi connectivity index (χ2v) is 10.0. The first-order valence-electron chi connectivity index (χ1n) is 14.0. The van der Waals surface area contributed by atoms with Gasteiger partial charge in [-0.25, -0.2) is 0 Å². The Labute approximate surface area is 232 Å². The quantitative estimate of drug-likeness (QED) is 0.340. The zero-order valence-electron chi connectivity index (χ0n) is 23.9. The van der Waals surface area contributed by atoms with Crippen molar-refractivity contribution in [3.63, 3.8) is 0 Å². The molecule has 0 radical (unpaired) electrons. The van der Waals surface area contributed by atoms with E-state index in [2.05, 4.69) is 64.2 Å². The Morgan fingerprint density at radius 3 is 2.28 bits per heavy atom. The van der Waals surface area contributed by atoms with Crippen LogP contribution in [0, 0.1) is 0 Å². The molecule has 3 aromatic rings. The van der Waals surface area contributed by atoms with E-state index in [-0.39, 0.29) is 12.0 Å². The Balaban J connectivity index is 1.43. The number of anilines is 1. The van der Waals surface area contributed by atoms with Gasteiger partial charge in [0.15, 0.2) is 11.5 Å². The van der Waals surface area contributed by atoms with Gasteiger partial charge in [-0.05, 0) is 93.8 Å². The summed E-state index contributed by atoms with van der Waals surface area (Å²) in [5.41, 5.74) is 3.85. The largest absolute Gasteiger partial charge is 0.494 e. The maximum Gasteiger partial charge on any atom is 0.274 e. The van der Waals surface area contributed by atoms with Crippen LogP contribution in [0.5, 0.6) is 11.5 Å². The van der Waals surface area contributed by atoms with Gasteiger partial charge < -0.3 is 19.3 Å². The lowest BCUT2D eigenvalue weighted by molar-refractivity contribution is 0.0766. The first kappa shape index (κ1) is 28.4. The predicted octanol–water partition coefficient (Wildman–Crippen LogP) is 5.13. The fraction of sp³-hybridized carbons (Fsp3) is 0.452. The van der Waals surface area contributed by atoms with E-state index in [9.17, 15) is 4.79 Å². The zero-order chi connectivity index (χ0) is 27.8. The molecule has 0 unspecified atom stereocenters. The van der Waals surface area contributed by atoms with Crippen LogP contribution in [0.3, 0.4) is 0 Å². The third kappa shape index (κ3) is 7.47. The van der Waals surface area contributed by atoms with Crippen LogP contribution >= 0.6 is 0 Å². The van der Waals surface area contributed by atoms with Gasteiger partial charge >= 0.3 is 0 Å². The van der Waals surface area contributed by atoms with Crippen molar-refractivity contribution < 1.29 is 14.3 Å². The van der Waals surface area contributed by atoms with Crippen molar-refractivity contribution in [1.29, 1.82) is 0 Å². The van der Waals surface area contributed by atoms with Crippen LogP contribution in [0.4, 0.5) is 5.82 Å². The highest BCUT2D eigenvalue weighted by atomic mass is 16.5. The molecule has 1 fully saturated rings. The second-order valence-electron chi connectivity index (χ2n) is 10.0. The predicted molar refractivity (Wildman–Crippen MR) is 156 cm³/mol. The second kappa shape index (κ2) is 13.4. The molecule has 4 rings (SSSR count). The molecule has 208 valence electrons. The van der Waals surface area contributed by atoms with Gasteiger partial charge in [-0.1, -0.05) is 12.1 Å². The van der Waals surface area contributed by atoms with Crippen molar-refractivity contribution in [3.8, 4) is 22.6 Å². The Bertz CT molecular complexity index is 1220. The number of hydrogen-bond donors (Lipinski definition) is 0. The smallest absolute Gasteiger partial charge is 0.274 e. The standard InChI is InChI=1S/C31H41N5O3/c1-6-35(7-2)31(37)29-12-13-30(33-32-29)36-16-14-34(15-17-36)22-24-18-26(21-28(19-24)39-23(4)5)25-10-9-11-27(20-25)38-8-3/h9-13,18-21,23H,6-8,14-17,22H2,1-5H3. The highest BCUT2D eigenvalue weighted by Crippen LogP contribution is 2.30. The van der Waals surface area contributed by atoms with Gasteiger partial charge in [0.2, 0.25) is 0 Å². The number of hydrogen-bond acceptors (Lipinski definition) is 7. The molecule has 39 heavy (non-hydrogen) atoms. The van der Waals surface area contributed by atoms with Crippen LogP contribution < -0.4 is 14.4 Å². The summed E-state index contributed by atoms with van der Waals surface area (Å²) in [7, 11) is 0. The topological polar surface area (TPSA) is 71.0 Å². The van der Waals surface area contributed by atoms with Crippen LogP contribution in [0.2, 0.25) is 0 Å². The molecule has 1 saturated heterocycles. The summed E-state index contributed by atoms with van der Waals surface area (Å²) in [6, 6.07) is 18.4. The van der Waals surface area contributed by atoms with Gasteiger partial charge in [-0.3, -0.25) is 9.69 Å². The molecule has 0 N–H and O–H groups in total. The normalized spacial score (nSPS) is 13.9. The SMILES string of the molecule is CCOc1cccc(-c2cc(CN3CCN(c4ccc(C(=O)N(CC)CC)nn4)CC3)cc(OC(C)C)c2)c1. The molecule has 0 atom stereocenters. The molecule has 8 nitrogen and oxygen atoms in total. The highest BCUT2D eigenvalue weighted by molar-refractivity contribution is 5.92. The van der Waals surface area contributed by atoms with E-state index in [4.69, 9.17) is 9.47 Å². The molecule has 0 bridgehead atoms. The van der Waals surface area contributed by atoms with Crippen molar-refractivity contribution in [2.75, 3.05) is 50.8 Å². The van der Waals surface area contributed by atoms with E-state index in [0.29, 0.717) is 25.4 Å². The van der Waals surface area contributed by atoms with E-state index in [1.165, 1.54) is 5.56 Å². The van der Waals surface area contributed by atoms with E-state index in [1.807, 2.05) is 39.0 Å². The van der Waals surface area contributed by atoms with Gasteiger partial charge in [-0.15, -0.1) is 10.2 Å². The summed E-state index contributed by atoms with van der Waals surface area (Å²) >= 11 is 0. The van der Waals surface area contributed by atoms with Gasteiger partial charge in [0, 0.05) is 45.8 Å². The molecule has 1 aliphatic rings. The monoisotopic (exact) mass is 531 g/mol. The lowest BCUT2D eigenvalue weighted by Gasteiger charge is -2.35. The number of ether oxygens (including phenoxy) is 2. The van der Waals surface area contributed by atoms with Crippen molar-refractivity contribution in [2.24, 2.45) is 0 Å². The molecule has 2 heterocycles. The number of nitrogens with zero attached hydrogens (tertiary/aromatic N) is 5. The molecule has 1 aliphatic heterocycles. The van der Waals surface area contributed by atoms with Gasteiger partial charge in [0.25, 0.3) is 5.91 Å². The van der Waals surface area contributed by atoms with Crippen LogP contribution in [0.15, 0.2) is 54.6 Å². The lowest BCUT2D eigenvalue weighted by atomic mass is 10.0. The number of benzene rings is 2. The molecule has 1 aromatic heterocycles. The molecule has 8 heteroatoms. The fourth-order valence-electron chi connectivity index (χ4n) is 4.87. The van der Waals surface area contributed by atoms with Crippen molar-refractivity contribution in [2.45, 2.75) is 47.3 Å². The summed E-state index contributed by atoms with van der Waals surface area (Å²) in [6.07, 6.45) is 0.0983. The molecule has 2 aromatic carbocycles. The number of carbonyl (C=O) groups excluding carboxylic acids is 1. The number of piperazine rings is 1. The van der Waals surface area contributed by atoms with Gasteiger partial charge in [0.1, 0.15) is 11.5 Å². The van der Waals surface area contributed by atoms with Crippen LogP contribution in [0.25, 0.3) is 11.1 Å². The van der Waals surface area contributed by atoms with Crippen LogP contribution in [-0.2, 0) is 6.54 Å². The minimum atomic E-state index is -0.0727. The first-order chi connectivity index (χ1) is 18.9. The summed E-state index contributed by atoms with van der Waals surface area (Å²) in [4.78, 5) is 19.0. The number of amides is 1. The van der Waals surface area contributed by atoms with E-state index < -0.39 is 0 Å². The minimum Gasteiger partial charge on any atom is -0.494 e. The Morgan fingerprint density at radius 1 is 0.897 bits per heavy atom. The highest BCUT2D eigenvalue weighted by Gasteiger charge is 2.21. The van der Waals surface area contributed by atoms with E-state index in [0.717, 1.165) is 61.2 Å². The molecule has 1 amide bonds. The Kier molecular flexibility index (Phi) is 9.76. The van der Waals surface area contributed by atoms with Crippen molar-refractivity contribution in [3.05, 3.63) is 65.9 Å². The van der Waals surface area contributed by atoms with Crippen LogP contribution in [-0.4, -0.2) is 77.9 Å². The third-order valence-corrected chi connectivity index (χ3v) is 6.84. The summed E-state index contributed by atoms with van der Waals surface area (Å²) < 4.78 is 11.8. The Morgan fingerprint density at radius 2 is 1.64 bits per heavy atom. The van der Waals surface area contributed by atoms with Crippen molar-refractivity contribution >= 4 is 11.7 Å². The number of rotatable bonds is 11. The summed E-state index contributed by atoms with van der Waals surface area (Å²) in [5, 5.41) is 8.60. The number of carbonyl (C=O) groups is 1. The maximum atomic E-state index is 12.5. The number of aromatic nitrogens is 2. The summed E-state index contributed by atoms with van der Waals surface area (Å²) in [6.45, 7) is 16.4. The fourth-order valence-corrected chi connectivity index (χ4v) is 4.87. The maximum absolute atomic E-state index is 12.5. The summed E-state index contributed by atoms with van der Waals surface area (Å²) in [5.74, 6) is 2.50. The first-order valence-corrected chi connectivity index (χ1v) is 14.0. The van der Waals surface area contributed by atoms with Crippen LogP contribution in [0.1, 0.15) is 50.7 Å².